The molecule has 0 saturated heterocycles. The number of hydrogen-bond acceptors (Lipinski definition) is 4. The minimum atomic E-state index is 0.596. The average Bonchev–Trinajstić information content (AvgIpc) is 2.35. The maximum Gasteiger partial charge on any atom is 0.133 e. The van der Waals surface area contributed by atoms with Crippen molar-refractivity contribution in [2.75, 3.05) is 17.2 Å². The fourth-order valence-corrected chi connectivity index (χ4v) is 2.48. The third-order valence-corrected chi connectivity index (χ3v) is 3.53. The topological polar surface area (TPSA) is 49.8 Å². The van der Waals surface area contributed by atoms with Gasteiger partial charge in [-0.05, 0) is 31.6 Å². The van der Waals surface area contributed by atoms with Crippen molar-refractivity contribution in [2.24, 2.45) is 5.92 Å². The smallest absolute Gasteiger partial charge is 0.133 e. The van der Waals surface area contributed by atoms with E-state index in [4.69, 9.17) is 0 Å². The van der Waals surface area contributed by atoms with Gasteiger partial charge in [0.1, 0.15) is 17.5 Å². The predicted molar refractivity (Wildman–Crippen MR) is 80.6 cm³/mol. The molecule has 0 amide bonds. The van der Waals surface area contributed by atoms with Crippen LogP contribution in [0.2, 0.25) is 0 Å². The molecule has 1 saturated carbocycles. The first-order chi connectivity index (χ1) is 9.21. The molecule has 19 heavy (non-hydrogen) atoms. The lowest BCUT2D eigenvalue weighted by Crippen LogP contribution is -2.34. The SMILES string of the molecule is CCCNc1cc(NC2CC(C)C2)nc(CCC)n1. The maximum atomic E-state index is 4.62. The monoisotopic (exact) mass is 262 g/mol. The fourth-order valence-electron chi connectivity index (χ4n) is 2.48. The van der Waals surface area contributed by atoms with E-state index in [2.05, 4.69) is 41.4 Å². The second kappa shape index (κ2) is 6.73. The van der Waals surface area contributed by atoms with Crippen LogP contribution in [0.3, 0.4) is 0 Å². The molecule has 0 aromatic carbocycles. The number of anilines is 2. The largest absolute Gasteiger partial charge is 0.370 e. The Kier molecular flexibility index (Phi) is 5.00. The van der Waals surface area contributed by atoms with Crippen LogP contribution in [-0.4, -0.2) is 22.6 Å². The van der Waals surface area contributed by atoms with Crippen LogP contribution < -0.4 is 10.6 Å². The molecule has 0 atom stereocenters. The van der Waals surface area contributed by atoms with E-state index in [0.717, 1.165) is 49.2 Å². The van der Waals surface area contributed by atoms with Crippen molar-refractivity contribution in [3.05, 3.63) is 11.9 Å². The van der Waals surface area contributed by atoms with Crippen molar-refractivity contribution in [1.29, 1.82) is 0 Å². The van der Waals surface area contributed by atoms with Crippen LogP contribution in [0.25, 0.3) is 0 Å². The quantitative estimate of drug-likeness (QED) is 0.790. The Morgan fingerprint density at radius 3 is 2.53 bits per heavy atom. The van der Waals surface area contributed by atoms with Gasteiger partial charge < -0.3 is 10.6 Å². The molecule has 106 valence electrons. The molecule has 0 bridgehead atoms. The first kappa shape index (κ1) is 14.1. The molecule has 1 aliphatic rings. The zero-order valence-electron chi connectivity index (χ0n) is 12.4. The lowest BCUT2D eigenvalue weighted by molar-refractivity contribution is 0.308. The molecule has 4 nitrogen and oxygen atoms in total. The van der Waals surface area contributed by atoms with Crippen molar-refractivity contribution < 1.29 is 0 Å². The van der Waals surface area contributed by atoms with Gasteiger partial charge in [0.2, 0.25) is 0 Å². The number of hydrogen-bond donors (Lipinski definition) is 2. The van der Waals surface area contributed by atoms with Gasteiger partial charge in [-0.2, -0.15) is 0 Å². The van der Waals surface area contributed by atoms with Gasteiger partial charge in [-0.25, -0.2) is 9.97 Å². The molecule has 0 unspecified atom stereocenters. The summed E-state index contributed by atoms with van der Waals surface area (Å²) in [5.74, 6) is 3.73. The third-order valence-electron chi connectivity index (χ3n) is 3.53. The Morgan fingerprint density at radius 1 is 1.16 bits per heavy atom. The summed E-state index contributed by atoms with van der Waals surface area (Å²) in [4.78, 5) is 9.18. The van der Waals surface area contributed by atoms with Crippen molar-refractivity contribution >= 4 is 11.6 Å². The third kappa shape index (κ3) is 4.08. The molecule has 2 N–H and O–H groups in total. The number of rotatable bonds is 7. The first-order valence-electron chi connectivity index (χ1n) is 7.59. The minimum absolute atomic E-state index is 0.596. The highest BCUT2D eigenvalue weighted by Gasteiger charge is 2.25. The van der Waals surface area contributed by atoms with Crippen LogP contribution in [0, 0.1) is 5.92 Å². The van der Waals surface area contributed by atoms with Gasteiger partial charge >= 0.3 is 0 Å². The Balaban J connectivity index is 2.04. The molecule has 1 aromatic rings. The molecule has 1 fully saturated rings. The van der Waals surface area contributed by atoms with Crippen LogP contribution in [0.5, 0.6) is 0 Å². The van der Waals surface area contributed by atoms with Crippen molar-refractivity contribution in [3.8, 4) is 0 Å². The highest BCUT2D eigenvalue weighted by Crippen LogP contribution is 2.29. The summed E-state index contributed by atoms with van der Waals surface area (Å²) in [6, 6.07) is 2.64. The summed E-state index contributed by atoms with van der Waals surface area (Å²) in [7, 11) is 0. The second-order valence-electron chi connectivity index (χ2n) is 5.65. The first-order valence-corrected chi connectivity index (χ1v) is 7.59. The van der Waals surface area contributed by atoms with Gasteiger partial charge in [-0.1, -0.05) is 20.8 Å². The average molecular weight is 262 g/mol. The normalized spacial score (nSPS) is 21.8. The molecule has 4 heteroatoms. The number of aryl methyl sites for hydroxylation is 1. The van der Waals surface area contributed by atoms with Crippen LogP contribution in [0.4, 0.5) is 11.6 Å². The van der Waals surface area contributed by atoms with Crippen molar-refractivity contribution in [2.45, 2.75) is 58.9 Å². The van der Waals surface area contributed by atoms with E-state index in [1.165, 1.54) is 12.8 Å². The van der Waals surface area contributed by atoms with Gasteiger partial charge in [0.15, 0.2) is 0 Å². The minimum Gasteiger partial charge on any atom is -0.370 e. The van der Waals surface area contributed by atoms with Crippen LogP contribution in [0.15, 0.2) is 6.07 Å². The molecule has 0 radical (unpaired) electrons. The molecular formula is C15H26N4. The maximum absolute atomic E-state index is 4.62. The molecular weight excluding hydrogens is 236 g/mol. The predicted octanol–water partition coefficient (Wildman–Crippen LogP) is 3.46. The zero-order chi connectivity index (χ0) is 13.7. The Bertz CT molecular complexity index is 399. The van der Waals surface area contributed by atoms with Crippen LogP contribution in [0.1, 0.15) is 52.3 Å². The number of nitrogens with one attached hydrogen (secondary N) is 2. The summed E-state index contributed by atoms with van der Waals surface area (Å²) in [6.07, 6.45) is 5.64. The van der Waals surface area contributed by atoms with E-state index < -0.39 is 0 Å². The second-order valence-corrected chi connectivity index (χ2v) is 5.65. The molecule has 1 aliphatic carbocycles. The Hall–Kier alpha value is -1.32. The highest BCUT2D eigenvalue weighted by atomic mass is 15.1. The van der Waals surface area contributed by atoms with Gasteiger partial charge in [-0.3, -0.25) is 0 Å². The zero-order valence-corrected chi connectivity index (χ0v) is 12.4. The Morgan fingerprint density at radius 2 is 1.89 bits per heavy atom. The van der Waals surface area contributed by atoms with E-state index in [1.807, 2.05) is 6.07 Å². The summed E-state index contributed by atoms with van der Waals surface area (Å²) in [5, 5.41) is 6.89. The van der Waals surface area contributed by atoms with Crippen molar-refractivity contribution in [3.63, 3.8) is 0 Å². The Labute approximate surface area is 116 Å². The van der Waals surface area contributed by atoms with Crippen molar-refractivity contribution in [1.82, 2.24) is 9.97 Å². The van der Waals surface area contributed by atoms with E-state index >= 15 is 0 Å². The molecule has 1 aromatic heterocycles. The van der Waals surface area contributed by atoms with E-state index in [-0.39, 0.29) is 0 Å². The number of aromatic nitrogens is 2. The summed E-state index contributed by atoms with van der Waals surface area (Å²) in [6.45, 7) is 7.59. The summed E-state index contributed by atoms with van der Waals surface area (Å²) in [5.41, 5.74) is 0. The standard InChI is InChI=1S/C15H26N4/c1-4-6-13-18-14(16-7-5-2)10-15(19-13)17-12-8-11(3)9-12/h10-12H,4-9H2,1-3H3,(H2,16,17,18,19). The molecule has 1 heterocycles. The van der Waals surface area contributed by atoms with Gasteiger partial charge in [0.05, 0.1) is 0 Å². The van der Waals surface area contributed by atoms with Gasteiger partial charge in [0, 0.05) is 25.1 Å². The van der Waals surface area contributed by atoms with E-state index in [9.17, 15) is 0 Å². The van der Waals surface area contributed by atoms with E-state index in [1.54, 1.807) is 0 Å². The lowest BCUT2D eigenvalue weighted by Gasteiger charge is -2.33. The molecule has 2 rings (SSSR count). The molecule has 0 aliphatic heterocycles. The van der Waals surface area contributed by atoms with E-state index in [0.29, 0.717) is 6.04 Å². The van der Waals surface area contributed by atoms with Gasteiger partial charge in [-0.15, -0.1) is 0 Å². The summed E-state index contributed by atoms with van der Waals surface area (Å²) < 4.78 is 0. The lowest BCUT2D eigenvalue weighted by atomic mass is 9.82. The molecule has 0 spiro atoms. The summed E-state index contributed by atoms with van der Waals surface area (Å²) >= 11 is 0. The van der Waals surface area contributed by atoms with Gasteiger partial charge in [0.25, 0.3) is 0 Å². The van der Waals surface area contributed by atoms with Crippen LogP contribution >= 0.6 is 0 Å². The number of nitrogens with zero attached hydrogens (tertiary/aromatic N) is 2. The van der Waals surface area contributed by atoms with Crippen LogP contribution in [-0.2, 0) is 6.42 Å². The highest BCUT2D eigenvalue weighted by molar-refractivity contribution is 5.48. The fraction of sp³-hybridized carbons (Fsp3) is 0.733.